The second-order valence-corrected chi connectivity index (χ2v) is 4.80. The lowest BCUT2D eigenvalue weighted by molar-refractivity contribution is -0.130. The number of nitrogens with two attached hydrogens (primary N) is 1. The zero-order valence-corrected chi connectivity index (χ0v) is 10.7. The van der Waals surface area contributed by atoms with Crippen molar-refractivity contribution in [1.82, 2.24) is 5.32 Å². The zero-order chi connectivity index (χ0) is 13.9. The second kappa shape index (κ2) is 5.38. The number of ether oxygens (including phenoxy) is 1. The second-order valence-electron chi connectivity index (χ2n) is 4.80. The van der Waals surface area contributed by atoms with Gasteiger partial charge >= 0.3 is 0 Å². The lowest BCUT2D eigenvalue weighted by atomic mass is 10.0. The predicted molar refractivity (Wildman–Crippen MR) is 70.8 cm³/mol. The molecule has 0 saturated carbocycles. The molecule has 0 radical (unpaired) electrons. The van der Waals surface area contributed by atoms with E-state index >= 15 is 0 Å². The number of carbonyl (C=O) groups is 2. The Hall–Kier alpha value is -1.92. The van der Waals surface area contributed by atoms with Crippen LogP contribution in [0.25, 0.3) is 0 Å². The van der Waals surface area contributed by atoms with Gasteiger partial charge in [0.25, 0.3) is 5.91 Å². The van der Waals surface area contributed by atoms with Gasteiger partial charge in [-0.25, -0.2) is 0 Å². The van der Waals surface area contributed by atoms with E-state index in [-0.39, 0.29) is 23.7 Å². The highest BCUT2D eigenvalue weighted by atomic mass is 16.5. The fourth-order valence-electron chi connectivity index (χ4n) is 1.81. The van der Waals surface area contributed by atoms with Crippen LogP contribution in [-0.4, -0.2) is 37.1 Å². The van der Waals surface area contributed by atoms with Crippen molar-refractivity contribution in [2.24, 2.45) is 5.73 Å². The summed E-state index contributed by atoms with van der Waals surface area (Å²) in [6.07, 6.45) is 0. The topological polar surface area (TPSA) is 93.4 Å². The quantitative estimate of drug-likeness (QED) is 0.702. The molecule has 4 N–H and O–H groups in total. The third kappa shape index (κ3) is 3.30. The van der Waals surface area contributed by atoms with Gasteiger partial charge in [-0.05, 0) is 19.1 Å². The molecule has 0 aromatic heterocycles. The third-order valence-corrected chi connectivity index (χ3v) is 3.02. The van der Waals surface area contributed by atoms with E-state index in [2.05, 4.69) is 10.6 Å². The number of hydrogen-bond acceptors (Lipinski definition) is 4. The monoisotopic (exact) mass is 263 g/mol. The number of anilines is 1. The molecule has 1 aliphatic rings. The first-order valence-corrected chi connectivity index (χ1v) is 6.03. The molecule has 1 fully saturated rings. The minimum atomic E-state index is -0.577. The van der Waals surface area contributed by atoms with E-state index < -0.39 is 5.91 Å². The SMILES string of the molecule is CC1(OCC(=O)Nc2ccccc2C(N)=O)CNC1. The Balaban J connectivity index is 1.93. The third-order valence-electron chi connectivity index (χ3n) is 3.02. The molecule has 1 aromatic rings. The summed E-state index contributed by atoms with van der Waals surface area (Å²) in [4.78, 5) is 23.0. The van der Waals surface area contributed by atoms with Crippen LogP contribution in [0.4, 0.5) is 5.69 Å². The van der Waals surface area contributed by atoms with E-state index in [1.165, 1.54) is 0 Å². The van der Waals surface area contributed by atoms with Crippen LogP contribution in [0.15, 0.2) is 24.3 Å². The molecule has 6 nitrogen and oxygen atoms in total. The van der Waals surface area contributed by atoms with Crippen molar-refractivity contribution >= 4 is 17.5 Å². The van der Waals surface area contributed by atoms with Crippen molar-refractivity contribution in [3.05, 3.63) is 29.8 Å². The number of hydrogen-bond donors (Lipinski definition) is 3. The molecular formula is C13H17N3O3. The Labute approximate surface area is 111 Å². The molecule has 0 bridgehead atoms. The molecule has 1 aliphatic heterocycles. The standard InChI is InChI=1S/C13H17N3O3/c1-13(7-15-8-13)19-6-11(17)16-10-5-3-2-4-9(10)12(14)18/h2-5,15H,6-8H2,1H3,(H2,14,18)(H,16,17). The number of nitrogens with one attached hydrogen (secondary N) is 2. The first-order valence-electron chi connectivity index (χ1n) is 6.03. The molecule has 0 atom stereocenters. The van der Waals surface area contributed by atoms with Crippen LogP contribution in [0.1, 0.15) is 17.3 Å². The fraction of sp³-hybridized carbons (Fsp3) is 0.385. The number of rotatable bonds is 5. The minimum absolute atomic E-state index is 0.0503. The first-order chi connectivity index (χ1) is 9.00. The highest BCUT2D eigenvalue weighted by molar-refractivity contribution is 6.03. The van der Waals surface area contributed by atoms with Crippen LogP contribution in [0.5, 0.6) is 0 Å². The molecule has 1 aromatic carbocycles. The number of carbonyl (C=O) groups excluding carboxylic acids is 2. The van der Waals surface area contributed by atoms with Crippen LogP contribution >= 0.6 is 0 Å². The summed E-state index contributed by atoms with van der Waals surface area (Å²) in [5.41, 5.74) is 5.65. The van der Waals surface area contributed by atoms with Gasteiger partial charge in [0.1, 0.15) is 6.61 Å². The van der Waals surface area contributed by atoms with Gasteiger partial charge in [0, 0.05) is 13.1 Å². The van der Waals surface area contributed by atoms with Crippen LogP contribution in [0, 0.1) is 0 Å². The van der Waals surface area contributed by atoms with Gasteiger partial charge in [0.2, 0.25) is 5.91 Å². The van der Waals surface area contributed by atoms with Crippen molar-refractivity contribution < 1.29 is 14.3 Å². The van der Waals surface area contributed by atoms with Crippen LogP contribution in [0.3, 0.4) is 0 Å². The van der Waals surface area contributed by atoms with Gasteiger partial charge in [-0.1, -0.05) is 12.1 Å². The normalized spacial score (nSPS) is 16.5. The van der Waals surface area contributed by atoms with Crippen LogP contribution in [0.2, 0.25) is 0 Å². The largest absolute Gasteiger partial charge is 0.366 e. The van der Waals surface area contributed by atoms with Crippen molar-refractivity contribution in [3.8, 4) is 0 Å². The number of amides is 2. The van der Waals surface area contributed by atoms with Crippen LogP contribution < -0.4 is 16.4 Å². The highest BCUT2D eigenvalue weighted by Gasteiger charge is 2.33. The van der Waals surface area contributed by atoms with E-state index in [9.17, 15) is 9.59 Å². The Morgan fingerprint density at radius 2 is 2.11 bits per heavy atom. The smallest absolute Gasteiger partial charge is 0.250 e. The van der Waals surface area contributed by atoms with Crippen molar-refractivity contribution in [3.63, 3.8) is 0 Å². The van der Waals surface area contributed by atoms with E-state index in [1.807, 2.05) is 6.92 Å². The van der Waals surface area contributed by atoms with E-state index in [1.54, 1.807) is 24.3 Å². The summed E-state index contributed by atoms with van der Waals surface area (Å²) in [5, 5.41) is 5.71. The van der Waals surface area contributed by atoms with Gasteiger partial charge < -0.3 is 21.1 Å². The van der Waals surface area contributed by atoms with E-state index in [0.29, 0.717) is 5.69 Å². The Morgan fingerprint density at radius 3 is 2.68 bits per heavy atom. The molecule has 0 spiro atoms. The average molecular weight is 263 g/mol. The minimum Gasteiger partial charge on any atom is -0.366 e. The molecule has 0 aliphatic carbocycles. The Kier molecular flexibility index (Phi) is 3.82. The van der Waals surface area contributed by atoms with Crippen molar-refractivity contribution in [2.45, 2.75) is 12.5 Å². The summed E-state index contributed by atoms with van der Waals surface area (Å²) < 4.78 is 5.51. The molecule has 2 rings (SSSR count). The molecular weight excluding hydrogens is 246 g/mol. The molecule has 6 heteroatoms. The highest BCUT2D eigenvalue weighted by Crippen LogP contribution is 2.16. The van der Waals surface area contributed by atoms with Gasteiger partial charge in [-0.15, -0.1) is 0 Å². The van der Waals surface area contributed by atoms with E-state index in [0.717, 1.165) is 13.1 Å². The van der Waals surface area contributed by atoms with Gasteiger partial charge in [0.05, 0.1) is 16.9 Å². The molecule has 2 amide bonds. The summed E-state index contributed by atoms with van der Waals surface area (Å²) in [6.45, 7) is 3.36. The molecule has 102 valence electrons. The molecule has 0 unspecified atom stereocenters. The van der Waals surface area contributed by atoms with Gasteiger partial charge in [-0.3, -0.25) is 9.59 Å². The summed E-state index contributed by atoms with van der Waals surface area (Å²) >= 11 is 0. The maximum absolute atomic E-state index is 11.8. The molecule has 1 saturated heterocycles. The predicted octanol–water partition coefficient (Wildman–Crippen LogP) is 0.103. The van der Waals surface area contributed by atoms with Crippen molar-refractivity contribution in [2.75, 3.05) is 25.0 Å². The van der Waals surface area contributed by atoms with Crippen LogP contribution in [-0.2, 0) is 9.53 Å². The summed E-state index contributed by atoms with van der Waals surface area (Å²) in [7, 11) is 0. The summed E-state index contributed by atoms with van der Waals surface area (Å²) in [5.74, 6) is -0.881. The number of primary amides is 1. The molecule has 1 heterocycles. The van der Waals surface area contributed by atoms with Crippen molar-refractivity contribution in [1.29, 1.82) is 0 Å². The lowest BCUT2D eigenvalue weighted by Crippen LogP contribution is -2.59. The fourth-order valence-corrected chi connectivity index (χ4v) is 1.81. The van der Waals surface area contributed by atoms with Gasteiger partial charge in [0.15, 0.2) is 0 Å². The number of para-hydroxylation sites is 1. The van der Waals surface area contributed by atoms with E-state index in [4.69, 9.17) is 10.5 Å². The lowest BCUT2D eigenvalue weighted by Gasteiger charge is -2.38. The first kappa shape index (κ1) is 13.5. The maximum Gasteiger partial charge on any atom is 0.250 e. The average Bonchev–Trinajstić information content (AvgIpc) is 2.34. The maximum atomic E-state index is 11.8. The number of benzene rings is 1. The van der Waals surface area contributed by atoms with Gasteiger partial charge in [-0.2, -0.15) is 0 Å². The Morgan fingerprint density at radius 1 is 1.42 bits per heavy atom. The summed E-state index contributed by atoms with van der Waals surface area (Å²) in [6, 6.07) is 6.61. The Bertz CT molecular complexity index is 498. The molecule has 19 heavy (non-hydrogen) atoms. The zero-order valence-electron chi connectivity index (χ0n) is 10.7.